The standard InChI is InChI=1S/C25H27N7/c1-18-5-3-6-21-22(17-26-30-25(18)21)28-24-8-4-7-23(29-24)27-19-9-11-20(12-10-19)32-15-13-31(2)14-16-32/h3-12,17H,13-16H2,1-2H3,(H2,27,28,29,30). The summed E-state index contributed by atoms with van der Waals surface area (Å²) in [6, 6.07) is 20.6. The van der Waals surface area contributed by atoms with Crippen molar-refractivity contribution in [2.24, 2.45) is 0 Å². The number of aryl methyl sites for hydroxylation is 1. The third kappa shape index (κ3) is 4.33. The van der Waals surface area contributed by atoms with Crippen LogP contribution in [0.3, 0.4) is 0 Å². The van der Waals surface area contributed by atoms with Gasteiger partial charge in [-0.25, -0.2) is 4.98 Å². The molecule has 0 bridgehead atoms. The lowest BCUT2D eigenvalue weighted by Gasteiger charge is -2.34. The van der Waals surface area contributed by atoms with Crippen molar-refractivity contribution >= 4 is 39.6 Å². The highest BCUT2D eigenvalue weighted by Crippen LogP contribution is 2.26. The van der Waals surface area contributed by atoms with Gasteiger partial charge in [0.05, 0.1) is 17.4 Å². The molecule has 2 aromatic carbocycles. The van der Waals surface area contributed by atoms with E-state index >= 15 is 0 Å². The first kappa shape index (κ1) is 20.2. The average molecular weight is 426 g/mol. The van der Waals surface area contributed by atoms with Crippen molar-refractivity contribution in [3.05, 3.63) is 72.4 Å². The van der Waals surface area contributed by atoms with Gasteiger partial charge in [0.2, 0.25) is 0 Å². The van der Waals surface area contributed by atoms with E-state index in [0.29, 0.717) is 0 Å². The molecule has 1 fully saturated rings. The Bertz CT molecular complexity index is 1210. The van der Waals surface area contributed by atoms with Gasteiger partial charge in [-0.05, 0) is 55.9 Å². The quantitative estimate of drug-likeness (QED) is 0.485. The highest BCUT2D eigenvalue weighted by atomic mass is 15.2. The minimum atomic E-state index is 0.750. The molecule has 0 saturated carbocycles. The van der Waals surface area contributed by atoms with E-state index in [1.54, 1.807) is 6.20 Å². The van der Waals surface area contributed by atoms with Crippen LogP contribution in [0.1, 0.15) is 5.56 Å². The van der Waals surface area contributed by atoms with Crippen LogP contribution in [0, 0.1) is 6.92 Å². The summed E-state index contributed by atoms with van der Waals surface area (Å²) in [6.07, 6.45) is 1.74. The van der Waals surface area contributed by atoms with E-state index in [-0.39, 0.29) is 0 Å². The van der Waals surface area contributed by atoms with Gasteiger partial charge in [-0.3, -0.25) is 0 Å². The van der Waals surface area contributed by atoms with Crippen LogP contribution in [-0.4, -0.2) is 53.3 Å². The van der Waals surface area contributed by atoms with Gasteiger partial charge in [-0.2, -0.15) is 10.2 Å². The number of nitrogens with zero attached hydrogens (tertiary/aromatic N) is 5. The molecule has 0 spiro atoms. The van der Waals surface area contributed by atoms with Gasteiger partial charge in [0, 0.05) is 42.9 Å². The summed E-state index contributed by atoms with van der Waals surface area (Å²) in [5.74, 6) is 1.53. The topological polar surface area (TPSA) is 69.2 Å². The van der Waals surface area contributed by atoms with Gasteiger partial charge in [0.15, 0.2) is 0 Å². The van der Waals surface area contributed by atoms with Crippen LogP contribution in [0.5, 0.6) is 0 Å². The van der Waals surface area contributed by atoms with Gasteiger partial charge in [0.1, 0.15) is 11.6 Å². The summed E-state index contributed by atoms with van der Waals surface area (Å²) in [7, 11) is 2.18. The Morgan fingerprint density at radius 2 is 1.53 bits per heavy atom. The Kier molecular flexibility index (Phi) is 5.56. The zero-order valence-corrected chi connectivity index (χ0v) is 18.4. The highest BCUT2D eigenvalue weighted by molar-refractivity contribution is 5.93. The first-order chi connectivity index (χ1) is 15.7. The van der Waals surface area contributed by atoms with E-state index < -0.39 is 0 Å². The summed E-state index contributed by atoms with van der Waals surface area (Å²) in [6.45, 7) is 6.38. The molecule has 162 valence electrons. The molecule has 1 aliphatic heterocycles. The summed E-state index contributed by atoms with van der Waals surface area (Å²) in [5.41, 5.74) is 5.16. The van der Waals surface area contributed by atoms with Crippen LogP contribution in [-0.2, 0) is 0 Å². The Balaban J connectivity index is 1.30. The fourth-order valence-electron chi connectivity index (χ4n) is 4.00. The van der Waals surface area contributed by atoms with Crippen molar-refractivity contribution in [3.8, 4) is 0 Å². The number of pyridine rings is 1. The summed E-state index contributed by atoms with van der Waals surface area (Å²) in [4.78, 5) is 9.52. The third-order valence-corrected chi connectivity index (χ3v) is 5.89. The first-order valence-electron chi connectivity index (χ1n) is 10.9. The number of fused-ring (bicyclic) bond motifs is 1. The van der Waals surface area contributed by atoms with Crippen LogP contribution < -0.4 is 15.5 Å². The molecule has 0 unspecified atom stereocenters. The molecule has 1 aliphatic rings. The van der Waals surface area contributed by atoms with Crippen molar-refractivity contribution in [1.29, 1.82) is 0 Å². The van der Waals surface area contributed by atoms with E-state index in [2.05, 4.69) is 61.9 Å². The maximum absolute atomic E-state index is 4.73. The monoisotopic (exact) mass is 425 g/mol. The fourth-order valence-corrected chi connectivity index (χ4v) is 4.00. The second-order valence-electron chi connectivity index (χ2n) is 8.22. The molecule has 1 saturated heterocycles. The number of rotatable bonds is 5. The Labute approximate surface area is 188 Å². The molecular formula is C25H27N7. The maximum Gasteiger partial charge on any atom is 0.132 e. The normalized spacial score (nSPS) is 14.5. The highest BCUT2D eigenvalue weighted by Gasteiger charge is 2.14. The number of piperazine rings is 1. The van der Waals surface area contributed by atoms with Gasteiger partial charge in [0.25, 0.3) is 0 Å². The molecule has 0 aliphatic carbocycles. The van der Waals surface area contributed by atoms with Gasteiger partial charge in [-0.1, -0.05) is 24.3 Å². The van der Waals surface area contributed by atoms with Crippen molar-refractivity contribution in [3.63, 3.8) is 0 Å². The summed E-state index contributed by atoms with van der Waals surface area (Å²) < 4.78 is 0. The van der Waals surface area contributed by atoms with Crippen molar-refractivity contribution in [1.82, 2.24) is 20.1 Å². The molecule has 2 N–H and O–H groups in total. The SMILES string of the molecule is Cc1cccc2c(Nc3cccc(Nc4ccc(N5CCN(C)CC5)cc4)n3)cnnc12. The predicted molar refractivity (Wildman–Crippen MR) is 131 cm³/mol. The van der Waals surface area contributed by atoms with E-state index in [9.17, 15) is 0 Å². The molecule has 32 heavy (non-hydrogen) atoms. The fraction of sp³-hybridized carbons (Fsp3) is 0.240. The van der Waals surface area contributed by atoms with Crippen LogP contribution in [0.15, 0.2) is 66.9 Å². The van der Waals surface area contributed by atoms with Crippen LogP contribution >= 0.6 is 0 Å². The van der Waals surface area contributed by atoms with Gasteiger partial charge >= 0.3 is 0 Å². The molecule has 0 amide bonds. The molecule has 2 aromatic heterocycles. The number of hydrogen-bond acceptors (Lipinski definition) is 7. The Morgan fingerprint density at radius 1 is 0.812 bits per heavy atom. The van der Waals surface area contributed by atoms with E-state index in [1.165, 1.54) is 5.69 Å². The van der Waals surface area contributed by atoms with E-state index in [4.69, 9.17) is 4.98 Å². The minimum Gasteiger partial charge on any atom is -0.369 e. The largest absolute Gasteiger partial charge is 0.369 e. The van der Waals surface area contributed by atoms with Crippen LogP contribution in [0.25, 0.3) is 10.9 Å². The lowest BCUT2D eigenvalue weighted by molar-refractivity contribution is 0.313. The van der Waals surface area contributed by atoms with Crippen LogP contribution in [0.4, 0.5) is 28.7 Å². The van der Waals surface area contributed by atoms with E-state index in [0.717, 1.165) is 65.7 Å². The molecule has 4 aromatic rings. The summed E-state index contributed by atoms with van der Waals surface area (Å²) in [5, 5.41) is 16.2. The number of hydrogen-bond donors (Lipinski definition) is 2. The number of aromatic nitrogens is 3. The lowest BCUT2D eigenvalue weighted by atomic mass is 10.1. The van der Waals surface area contributed by atoms with Crippen LogP contribution in [0.2, 0.25) is 0 Å². The Morgan fingerprint density at radius 3 is 2.31 bits per heavy atom. The third-order valence-electron chi connectivity index (χ3n) is 5.89. The molecular weight excluding hydrogens is 398 g/mol. The average Bonchev–Trinajstić information content (AvgIpc) is 2.81. The predicted octanol–water partition coefficient (Wildman–Crippen LogP) is 4.57. The van der Waals surface area contributed by atoms with Crippen molar-refractivity contribution in [2.45, 2.75) is 6.92 Å². The second kappa shape index (κ2) is 8.80. The number of benzene rings is 2. The number of anilines is 5. The maximum atomic E-state index is 4.73. The molecule has 3 heterocycles. The molecule has 7 nitrogen and oxygen atoms in total. The van der Waals surface area contributed by atoms with E-state index in [1.807, 2.05) is 43.3 Å². The second-order valence-corrected chi connectivity index (χ2v) is 8.22. The molecule has 0 atom stereocenters. The van der Waals surface area contributed by atoms with Gasteiger partial charge < -0.3 is 20.4 Å². The number of likely N-dealkylation sites (N-methyl/N-ethyl adjacent to an activating group) is 1. The number of nitrogens with one attached hydrogen (secondary N) is 2. The zero-order chi connectivity index (χ0) is 21.9. The van der Waals surface area contributed by atoms with Gasteiger partial charge in [-0.15, -0.1) is 0 Å². The lowest BCUT2D eigenvalue weighted by Crippen LogP contribution is -2.44. The molecule has 7 heteroatoms. The smallest absolute Gasteiger partial charge is 0.132 e. The zero-order valence-electron chi connectivity index (χ0n) is 18.4. The summed E-state index contributed by atoms with van der Waals surface area (Å²) >= 11 is 0. The first-order valence-corrected chi connectivity index (χ1v) is 10.9. The molecule has 0 radical (unpaired) electrons. The van der Waals surface area contributed by atoms with Crippen molar-refractivity contribution in [2.75, 3.05) is 48.8 Å². The molecule has 5 rings (SSSR count). The Hall–Kier alpha value is -3.71. The van der Waals surface area contributed by atoms with Crippen molar-refractivity contribution < 1.29 is 0 Å². The minimum absolute atomic E-state index is 0.750.